The minimum atomic E-state index is -0.0535. The first-order valence-corrected chi connectivity index (χ1v) is 8.44. The van der Waals surface area contributed by atoms with E-state index in [9.17, 15) is 9.59 Å². The summed E-state index contributed by atoms with van der Waals surface area (Å²) >= 11 is 0. The van der Waals surface area contributed by atoms with Crippen molar-refractivity contribution in [1.29, 1.82) is 0 Å². The zero-order chi connectivity index (χ0) is 17.0. The number of likely N-dealkylation sites (tertiary alicyclic amines) is 1. The highest BCUT2D eigenvalue weighted by atomic mass is 16.2. The number of likely N-dealkylation sites (N-methyl/N-ethyl adjacent to an activating group) is 1. The molecule has 1 saturated heterocycles. The number of carbonyl (C=O) groups is 2. The van der Waals surface area contributed by atoms with Crippen molar-refractivity contribution in [2.75, 3.05) is 13.1 Å². The SMILES string of the molecule is CCN[C@H](CN1C(=O)CC(c2ccccc2)CC1=O)C(C)(C)C. The average molecular weight is 316 g/mol. The first-order chi connectivity index (χ1) is 10.8. The monoisotopic (exact) mass is 316 g/mol. The molecule has 0 unspecified atom stereocenters. The summed E-state index contributed by atoms with van der Waals surface area (Å²) in [5, 5.41) is 3.41. The van der Waals surface area contributed by atoms with Gasteiger partial charge in [0.2, 0.25) is 11.8 Å². The van der Waals surface area contributed by atoms with E-state index in [1.54, 1.807) is 0 Å². The summed E-state index contributed by atoms with van der Waals surface area (Å²) in [4.78, 5) is 26.5. The minimum Gasteiger partial charge on any atom is -0.312 e. The van der Waals surface area contributed by atoms with Crippen molar-refractivity contribution in [3.63, 3.8) is 0 Å². The highest BCUT2D eigenvalue weighted by Gasteiger charge is 2.36. The van der Waals surface area contributed by atoms with E-state index in [1.165, 1.54) is 4.90 Å². The van der Waals surface area contributed by atoms with Gasteiger partial charge in [0.05, 0.1) is 0 Å². The van der Waals surface area contributed by atoms with Crippen molar-refractivity contribution < 1.29 is 9.59 Å². The molecule has 1 fully saturated rings. The predicted octanol–water partition coefficient (Wildman–Crippen LogP) is 2.94. The fourth-order valence-corrected chi connectivity index (χ4v) is 3.09. The van der Waals surface area contributed by atoms with Crippen LogP contribution in [0.4, 0.5) is 0 Å². The van der Waals surface area contributed by atoms with Crippen molar-refractivity contribution in [2.24, 2.45) is 5.41 Å². The van der Waals surface area contributed by atoms with E-state index < -0.39 is 0 Å². The number of amides is 2. The second-order valence-corrected chi connectivity index (χ2v) is 7.39. The van der Waals surface area contributed by atoms with E-state index in [0.29, 0.717) is 19.4 Å². The van der Waals surface area contributed by atoms with Gasteiger partial charge in [0, 0.05) is 31.3 Å². The molecule has 1 aromatic carbocycles. The van der Waals surface area contributed by atoms with Crippen LogP contribution in [-0.2, 0) is 9.59 Å². The van der Waals surface area contributed by atoms with E-state index in [2.05, 4.69) is 26.1 Å². The number of imide groups is 1. The van der Waals surface area contributed by atoms with Crippen LogP contribution in [-0.4, -0.2) is 35.8 Å². The van der Waals surface area contributed by atoms with Gasteiger partial charge in [0.25, 0.3) is 0 Å². The molecule has 126 valence electrons. The lowest BCUT2D eigenvalue weighted by molar-refractivity contribution is -0.149. The van der Waals surface area contributed by atoms with E-state index in [-0.39, 0.29) is 29.2 Å². The summed E-state index contributed by atoms with van der Waals surface area (Å²) in [5.74, 6) is -0.0933. The molecule has 0 bridgehead atoms. The van der Waals surface area contributed by atoms with Crippen molar-refractivity contribution in [3.8, 4) is 0 Å². The topological polar surface area (TPSA) is 49.4 Å². The number of rotatable bonds is 5. The summed E-state index contributed by atoms with van der Waals surface area (Å²) in [6.45, 7) is 9.72. The van der Waals surface area contributed by atoms with E-state index in [4.69, 9.17) is 0 Å². The van der Waals surface area contributed by atoms with Crippen molar-refractivity contribution in [2.45, 2.75) is 52.5 Å². The molecule has 1 aliphatic heterocycles. The third-order valence-electron chi connectivity index (χ3n) is 4.58. The smallest absolute Gasteiger partial charge is 0.229 e. The molecular weight excluding hydrogens is 288 g/mol. The molecule has 4 heteroatoms. The first-order valence-electron chi connectivity index (χ1n) is 8.44. The Morgan fingerprint density at radius 2 is 1.70 bits per heavy atom. The van der Waals surface area contributed by atoms with Gasteiger partial charge in [-0.3, -0.25) is 14.5 Å². The van der Waals surface area contributed by atoms with Crippen molar-refractivity contribution >= 4 is 11.8 Å². The molecule has 2 amide bonds. The Morgan fingerprint density at radius 3 is 2.17 bits per heavy atom. The fraction of sp³-hybridized carbons (Fsp3) is 0.579. The molecule has 0 aliphatic carbocycles. The molecule has 0 saturated carbocycles. The molecule has 1 heterocycles. The van der Waals surface area contributed by atoms with Gasteiger partial charge in [-0.05, 0) is 17.5 Å². The van der Waals surface area contributed by atoms with Gasteiger partial charge >= 0.3 is 0 Å². The number of piperidine rings is 1. The summed E-state index contributed by atoms with van der Waals surface area (Å²) in [5.41, 5.74) is 1.07. The molecule has 4 nitrogen and oxygen atoms in total. The summed E-state index contributed by atoms with van der Waals surface area (Å²) in [7, 11) is 0. The maximum absolute atomic E-state index is 12.5. The normalized spacial score (nSPS) is 18.3. The second-order valence-electron chi connectivity index (χ2n) is 7.39. The van der Waals surface area contributed by atoms with Gasteiger partial charge in [-0.15, -0.1) is 0 Å². The van der Waals surface area contributed by atoms with Crippen LogP contribution in [0.15, 0.2) is 30.3 Å². The lowest BCUT2D eigenvalue weighted by atomic mass is 9.84. The molecule has 2 rings (SSSR count). The number of hydrogen-bond acceptors (Lipinski definition) is 3. The highest BCUT2D eigenvalue weighted by molar-refractivity contribution is 5.98. The number of benzene rings is 1. The molecule has 1 aromatic rings. The lowest BCUT2D eigenvalue weighted by Gasteiger charge is -2.37. The van der Waals surface area contributed by atoms with E-state index in [0.717, 1.165) is 12.1 Å². The molecule has 0 spiro atoms. The predicted molar refractivity (Wildman–Crippen MR) is 92.1 cm³/mol. The number of nitrogens with zero attached hydrogens (tertiary/aromatic N) is 1. The number of hydrogen-bond donors (Lipinski definition) is 1. The Balaban J connectivity index is 2.08. The quantitative estimate of drug-likeness (QED) is 0.850. The average Bonchev–Trinajstić information content (AvgIpc) is 2.49. The Hall–Kier alpha value is -1.68. The van der Waals surface area contributed by atoms with Gasteiger partial charge in [-0.25, -0.2) is 0 Å². The van der Waals surface area contributed by atoms with Crippen LogP contribution >= 0.6 is 0 Å². The third-order valence-corrected chi connectivity index (χ3v) is 4.58. The first kappa shape index (κ1) is 17.7. The van der Waals surface area contributed by atoms with E-state index >= 15 is 0 Å². The summed E-state index contributed by atoms with van der Waals surface area (Å²) in [6, 6.07) is 9.96. The van der Waals surface area contributed by atoms with Crippen LogP contribution in [0.5, 0.6) is 0 Å². The lowest BCUT2D eigenvalue weighted by Crippen LogP contribution is -2.53. The van der Waals surface area contributed by atoms with Crippen molar-refractivity contribution in [1.82, 2.24) is 10.2 Å². The van der Waals surface area contributed by atoms with Crippen molar-refractivity contribution in [3.05, 3.63) is 35.9 Å². The zero-order valence-electron chi connectivity index (χ0n) is 14.6. The molecular formula is C19H28N2O2. The second kappa shape index (κ2) is 7.26. The number of nitrogens with one attached hydrogen (secondary N) is 1. The van der Waals surface area contributed by atoms with Crippen LogP contribution < -0.4 is 5.32 Å². The Labute approximate surface area is 139 Å². The number of carbonyl (C=O) groups excluding carboxylic acids is 2. The van der Waals surface area contributed by atoms with Crippen LogP contribution in [0.3, 0.4) is 0 Å². The fourth-order valence-electron chi connectivity index (χ4n) is 3.09. The molecule has 1 N–H and O–H groups in total. The largest absolute Gasteiger partial charge is 0.312 e. The standard InChI is InChI=1S/C19H28N2O2/c1-5-20-16(19(2,3)4)13-21-17(22)11-15(12-18(21)23)14-9-7-6-8-10-14/h6-10,15-16,20H,5,11-13H2,1-4H3/t16-/m1/s1. The van der Waals surface area contributed by atoms with E-state index in [1.807, 2.05) is 37.3 Å². The van der Waals surface area contributed by atoms with Gasteiger partial charge < -0.3 is 5.32 Å². The molecule has 0 radical (unpaired) electrons. The summed E-state index contributed by atoms with van der Waals surface area (Å²) < 4.78 is 0. The van der Waals surface area contributed by atoms with Gasteiger partial charge in [-0.1, -0.05) is 58.0 Å². The third kappa shape index (κ3) is 4.41. The minimum absolute atomic E-state index is 0.00709. The van der Waals surface area contributed by atoms with Crippen LogP contribution in [0.25, 0.3) is 0 Å². The summed E-state index contributed by atoms with van der Waals surface area (Å²) in [6.07, 6.45) is 0.831. The maximum Gasteiger partial charge on any atom is 0.229 e. The van der Waals surface area contributed by atoms with Gasteiger partial charge in [-0.2, -0.15) is 0 Å². The zero-order valence-corrected chi connectivity index (χ0v) is 14.6. The van der Waals surface area contributed by atoms with Gasteiger partial charge in [0.15, 0.2) is 0 Å². The van der Waals surface area contributed by atoms with Crippen LogP contribution in [0.1, 0.15) is 52.0 Å². The molecule has 1 aliphatic rings. The molecule has 1 atom stereocenters. The molecule has 0 aromatic heterocycles. The Kier molecular flexibility index (Phi) is 5.58. The Bertz CT molecular complexity index is 530. The highest BCUT2D eigenvalue weighted by Crippen LogP contribution is 2.30. The maximum atomic E-state index is 12.5. The van der Waals surface area contributed by atoms with Gasteiger partial charge in [0.1, 0.15) is 0 Å². The van der Waals surface area contributed by atoms with Crippen LogP contribution in [0, 0.1) is 5.41 Å². The Morgan fingerprint density at radius 1 is 1.13 bits per heavy atom. The van der Waals surface area contributed by atoms with Crippen LogP contribution in [0.2, 0.25) is 0 Å². The molecule has 23 heavy (non-hydrogen) atoms.